The van der Waals surface area contributed by atoms with Crippen molar-refractivity contribution in [1.29, 1.82) is 0 Å². The average Bonchev–Trinajstić information content (AvgIpc) is 3.26. The van der Waals surface area contributed by atoms with Gasteiger partial charge in [0, 0.05) is 17.5 Å². The number of hydrogen-bond acceptors (Lipinski definition) is 9. The Balaban J connectivity index is 2.07. The largest absolute Gasteiger partial charge is 0.534 e. The van der Waals surface area contributed by atoms with Gasteiger partial charge in [-0.2, -0.15) is 21.6 Å². The summed E-state index contributed by atoms with van der Waals surface area (Å²) in [5.74, 6) is -2.71. The Hall–Kier alpha value is -3.46. The van der Waals surface area contributed by atoms with Crippen LogP contribution >= 0.6 is 11.6 Å². The molecular formula is C20H17ClF4N4O6S. The quantitative estimate of drug-likeness (QED) is 0.162. The zero-order valence-corrected chi connectivity index (χ0v) is 20.2. The van der Waals surface area contributed by atoms with E-state index in [-0.39, 0.29) is 41.1 Å². The number of aromatic nitrogens is 1. The first kappa shape index (κ1) is 27.1. The molecule has 2 heterocycles. The molecule has 0 saturated carbocycles. The van der Waals surface area contributed by atoms with E-state index < -0.39 is 50.3 Å². The first-order valence-electron chi connectivity index (χ1n) is 9.70. The molecule has 1 amide bonds. The molecule has 0 atom stereocenters. The summed E-state index contributed by atoms with van der Waals surface area (Å²) in [7, 11) is -3.59. The number of alkyl halides is 3. The van der Waals surface area contributed by atoms with Crippen molar-refractivity contribution in [2.24, 2.45) is 9.98 Å². The van der Waals surface area contributed by atoms with E-state index in [0.29, 0.717) is 0 Å². The first-order valence-corrected chi connectivity index (χ1v) is 11.5. The summed E-state index contributed by atoms with van der Waals surface area (Å²) < 4.78 is 91.3. The van der Waals surface area contributed by atoms with Crippen LogP contribution in [0.15, 0.2) is 28.0 Å². The highest BCUT2D eigenvalue weighted by atomic mass is 35.5. The van der Waals surface area contributed by atoms with Gasteiger partial charge < -0.3 is 18.6 Å². The third-order valence-electron chi connectivity index (χ3n) is 4.95. The summed E-state index contributed by atoms with van der Waals surface area (Å²) in [6, 6.07) is 1.28. The number of nitrogens with zero attached hydrogens (tertiary/aromatic N) is 4. The molecule has 2 aromatic rings. The van der Waals surface area contributed by atoms with Crippen molar-refractivity contribution in [2.75, 3.05) is 20.8 Å². The summed E-state index contributed by atoms with van der Waals surface area (Å²) in [5.41, 5.74) is -6.40. The number of benzene rings is 1. The summed E-state index contributed by atoms with van der Waals surface area (Å²) in [4.78, 5) is 24.9. The van der Waals surface area contributed by atoms with Gasteiger partial charge in [-0.25, -0.2) is 9.37 Å². The van der Waals surface area contributed by atoms with Crippen LogP contribution in [-0.4, -0.2) is 63.4 Å². The predicted octanol–water partition coefficient (Wildman–Crippen LogP) is 3.37. The van der Waals surface area contributed by atoms with Crippen LogP contribution in [0, 0.1) is 5.82 Å². The number of methoxy groups -OCH3 is 2. The van der Waals surface area contributed by atoms with E-state index in [0.717, 1.165) is 4.90 Å². The number of hydrogen-bond donors (Lipinski definition) is 0. The maximum absolute atomic E-state index is 14.9. The van der Waals surface area contributed by atoms with Crippen LogP contribution in [0.25, 0.3) is 10.9 Å². The van der Waals surface area contributed by atoms with E-state index >= 15 is 0 Å². The fourth-order valence-corrected chi connectivity index (χ4v) is 3.92. The molecule has 1 aliphatic rings. The number of allylic oxidation sites excluding steroid dienone is 1. The van der Waals surface area contributed by atoms with Crippen molar-refractivity contribution in [3.63, 3.8) is 0 Å². The summed E-state index contributed by atoms with van der Waals surface area (Å²) >= 11 is 5.89. The average molecular weight is 553 g/mol. The number of carbonyl (C=O) groups excluding carboxylic acids is 1. The molecule has 0 radical (unpaired) electrons. The van der Waals surface area contributed by atoms with E-state index in [1.165, 1.54) is 32.7 Å². The van der Waals surface area contributed by atoms with E-state index in [4.69, 9.17) is 21.1 Å². The minimum absolute atomic E-state index is 0.0426. The van der Waals surface area contributed by atoms with Crippen molar-refractivity contribution in [2.45, 2.75) is 18.6 Å². The second-order valence-electron chi connectivity index (χ2n) is 7.10. The second kappa shape index (κ2) is 10.3. The normalized spacial score (nSPS) is 14.3. The molecule has 0 saturated heterocycles. The third kappa shape index (κ3) is 5.21. The zero-order valence-electron chi connectivity index (χ0n) is 18.6. The molecule has 1 aromatic heterocycles. The van der Waals surface area contributed by atoms with Gasteiger partial charge >= 0.3 is 15.6 Å². The molecule has 0 bridgehead atoms. The van der Waals surface area contributed by atoms with Crippen LogP contribution in [0.4, 0.5) is 17.6 Å². The minimum Gasteiger partial charge on any atom is -0.495 e. The van der Waals surface area contributed by atoms with E-state index in [9.17, 15) is 30.8 Å². The van der Waals surface area contributed by atoms with Crippen molar-refractivity contribution in [3.05, 3.63) is 40.0 Å². The van der Waals surface area contributed by atoms with E-state index in [2.05, 4.69) is 25.9 Å². The number of rotatable bonds is 8. The molecule has 0 N–H and O–H groups in total. The van der Waals surface area contributed by atoms with Crippen molar-refractivity contribution < 1.29 is 44.4 Å². The van der Waals surface area contributed by atoms with E-state index in [1.54, 1.807) is 0 Å². The second-order valence-corrected chi connectivity index (χ2v) is 9.01. The van der Waals surface area contributed by atoms with Crippen LogP contribution < -0.4 is 8.92 Å². The molecule has 1 aliphatic heterocycles. The summed E-state index contributed by atoms with van der Waals surface area (Å²) in [6.45, 7) is 2.23. The first-order chi connectivity index (χ1) is 16.8. The van der Waals surface area contributed by atoms with Crippen LogP contribution in [0.1, 0.15) is 11.1 Å². The molecule has 3 rings (SSSR count). The smallest absolute Gasteiger partial charge is 0.495 e. The van der Waals surface area contributed by atoms with Crippen molar-refractivity contribution in [3.8, 4) is 11.6 Å². The van der Waals surface area contributed by atoms with Gasteiger partial charge in [0.25, 0.3) is 0 Å². The molecule has 0 unspecified atom stereocenters. The number of ether oxygens (including phenoxy) is 2. The van der Waals surface area contributed by atoms with Gasteiger partial charge in [0.1, 0.15) is 22.8 Å². The van der Waals surface area contributed by atoms with Crippen molar-refractivity contribution in [1.82, 2.24) is 9.88 Å². The zero-order chi connectivity index (χ0) is 26.8. The Bertz CT molecular complexity index is 1400. The predicted molar refractivity (Wildman–Crippen MR) is 121 cm³/mol. The van der Waals surface area contributed by atoms with Gasteiger partial charge in [-0.05, 0) is 18.3 Å². The Labute approximate surface area is 207 Å². The van der Waals surface area contributed by atoms with Gasteiger partial charge in [0.2, 0.25) is 11.8 Å². The van der Waals surface area contributed by atoms with E-state index in [1.807, 2.05) is 0 Å². The van der Waals surface area contributed by atoms with Gasteiger partial charge in [-0.15, -0.1) is 0 Å². The molecule has 36 heavy (non-hydrogen) atoms. The molecule has 10 nitrogen and oxygen atoms in total. The molecule has 0 aliphatic carbocycles. The maximum atomic E-state index is 14.9. The number of carbonyl (C=O) groups is 1. The van der Waals surface area contributed by atoms with Gasteiger partial charge in [-0.3, -0.25) is 14.8 Å². The van der Waals surface area contributed by atoms with Gasteiger partial charge in [-0.1, -0.05) is 11.6 Å². The number of halogens is 5. The highest BCUT2D eigenvalue weighted by Gasteiger charge is 2.49. The van der Waals surface area contributed by atoms with Gasteiger partial charge in [0.15, 0.2) is 11.6 Å². The maximum Gasteiger partial charge on any atom is 0.534 e. The molecule has 1 aromatic carbocycles. The number of fused-ring (bicyclic) bond motifs is 3. The fraction of sp³-hybridized carbons (Fsp3) is 0.300. The number of aliphatic imine (C=N–C) groups is 2. The summed E-state index contributed by atoms with van der Waals surface area (Å²) in [5, 5.41) is -0.487. The lowest BCUT2D eigenvalue weighted by Crippen LogP contribution is -2.29. The van der Waals surface area contributed by atoms with Gasteiger partial charge in [0.05, 0.1) is 33.2 Å². The third-order valence-corrected chi connectivity index (χ3v) is 6.25. The lowest BCUT2D eigenvalue weighted by Gasteiger charge is -2.14. The number of amides is 1. The van der Waals surface area contributed by atoms with Crippen LogP contribution in [0.3, 0.4) is 0 Å². The number of pyridine rings is 1. The molecule has 16 heteroatoms. The Morgan fingerprint density at radius 1 is 1.31 bits per heavy atom. The molecule has 194 valence electrons. The lowest BCUT2D eigenvalue weighted by atomic mass is 10.0. The molecule has 0 fully saturated rings. The molecule has 0 spiro atoms. The SMILES string of the molecule is C=N/C=C(\C=NCC(=O)N1Cc2c(OS(=O)(=O)C(F)(F)F)nc3c(F)c(Cl)c(OC)cc3c2C1)OC. The monoisotopic (exact) mass is 552 g/mol. The standard InChI is InChI=1S/C20H17ClF4N4O6S/c1-26-5-10(33-2)6-27-7-15(30)29-8-12-11-4-14(34-3)16(21)17(22)18(11)28-19(13(12)9-29)35-36(31,32)20(23,24)25/h4-6H,1,7-9H2,2-3H3/b10-5+,27-6?. The topological polar surface area (TPSA) is 120 Å². The van der Waals surface area contributed by atoms with Crippen LogP contribution in [0.2, 0.25) is 5.02 Å². The summed E-state index contributed by atoms with van der Waals surface area (Å²) in [6.07, 6.45) is 2.45. The Morgan fingerprint density at radius 3 is 2.56 bits per heavy atom. The highest BCUT2D eigenvalue weighted by Crippen LogP contribution is 2.42. The minimum atomic E-state index is -6.15. The van der Waals surface area contributed by atoms with Crippen molar-refractivity contribution >= 4 is 51.5 Å². The Kier molecular flexibility index (Phi) is 7.73. The lowest BCUT2D eigenvalue weighted by molar-refractivity contribution is -0.130. The van der Waals surface area contributed by atoms with Crippen LogP contribution in [0.5, 0.6) is 11.6 Å². The fourth-order valence-electron chi connectivity index (χ4n) is 3.26. The van der Waals surface area contributed by atoms with Crippen LogP contribution in [-0.2, 0) is 32.7 Å². The molecular weight excluding hydrogens is 536 g/mol. The Morgan fingerprint density at radius 2 is 1.97 bits per heavy atom. The highest BCUT2D eigenvalue weighted by molar-refractivity contribution is 7.88.